The van der Waals surface area contributed by atoms with E-state index >= 15 is 0 Å². The van der Waals surface area contributed by atoms with Crippen molar-refractivity contribution in [1.29, 1.82) is 5.41 Å². The van der Waals surface area contributed by atoms with Crippen LogP contribution in [0.2, 0.25) is 0 Å². The fraction of sp³-hybridized carbons (Fsp3) is 0.731. The Bertz CT molecular complexity index is 1080. The Morgan fingerprint density at radius 3 is 2.40 bits per heavy atom. The quantitative estimate of drug-likeness (QED) is 0.307. The van der Waals surface area contributed by atoms with Crippen LogP contribution in [-0.2, 0) is 13.0 Å². The SMILES string of the molecule is CC1CCC(Cn2c(CC(C)(C)C)nc3nc(C(=N)NC(=O)O)nc(N[C@H](C)C4CCC4)c32)CC1. The maximum atomic E-state index is 11.2. The molecule has 2 aliphatic rings. The van der Waals surface area contributed by atoms with Crippen molar-refractivity contribution in [2.45, 2.75) is 98.6 Å². The molecule has 35 heavy (non-hydrogen) atoms. The molecule has 192 valence electrons. The minimum absolute atomic E-state index is 0.0425. The van der Waals surface area contributed by atoms with Gasteiger partial charge in [0.1, 0.15) is 11.3 Å². The van der Waals surface area contributed by atoms with Gasteiger partial charge in [-0.2, -0.15) is 0 Å². The highest BCUT2D eigenvalue weighted by atomic mass is 16.4. The van der Waals surface area contributed by atoms with Gasteiger partial charge >= 0.3 is 6.09 Å². The zero-order valence-corrected chi connectivity index (χ0v) is 21.8. The van der Waals surface area contributed by atoms with Crippen LogP contribution in [0, 0.1) is 28.6 Å². The molecule has 9 nitrogen and oxygen atoms in total. The zero-order valence-electron chi connectivity index (χ0n) is 21.8. The molecule has 0 radical (unpaired) electrons. The summed E-state index contributed by atoms with van der Waals surface area (Å²) >= 11 is 0. The molecule has 2 fully saturated rings. The fourth-order valence-electron chi connectivity index (χ4n) is 5.31. The summed E-state index contributed by atoms with van der Waals surface area (Å²) in [6, 6.07) is 0.223. The van der Waals surface area contributed by atoms with Gasteiger partial charge in [-0.1, -0.05) is 47.0 Å². The predicted octanol–water partition coefficient (Wildman–Crippen LogP) is 5.43. The van der Waals surface area contributed by atoms with Gasteiger partial charge in [-0.3, -0.25) is 10.7 Å². The van der Waals surface area contributed by atoms with Crippen LogP contribution in [0.3, 0.4) is 0 Å². The summed E-state index contributed by atoms with van der Waals surface area (Å²) in [5, 5.41) is 23.0. The van der Waals surface area contributed by atoms with Crippen molar-refractivity contribution in [3.8, 4) is 0 Å². The Labute approximate surface area is 208 Å². The lowest BCUT2D eigenvalue weighted by atomic mass is 9.80. The standard InChI is InChI=1S/C26H41N7O2/c1-15-9-11-17(12-10-15)14-33-19(13-26(3,4)5)29-23-20(33)22(28-16(2)18-7-6-8-18)31-24(32-23)21(27)30-25(34)35/h15-18H,6-14H2,1-5H3,(H2,27,30)(H,34,35)(H,28,31,32)/t15?,16-,17?/m1/s1. The number of amidine groups is 1. The number of carbonyl (C=O) groups is 1. The van der Waals surface area contributed by atoms with Crippen molar-refractivity contribution in [2.75, 3.05) is 5.32 Å². The molecule has 4 rings (SSSR count). The third-order valence-electron chi connectivity index (χ3n) is 7.62. The molecule has 0 unspecified atom stereocenters. The summed E-state index contributed by atoms with van der Waals surface area (Å²) < 4.78 is 2.31. The minimum atomic E-state index is -1.30. The van der Waals surface area contributed by atoms with Gasteiger partial charge in [0.2, 0.25) is 0 Å². The van der Waals surface area contributed by atoms with Crippen LogP contribution in [0.25, 0.3) is 11.2 Å². The Morgan fingerprint density at radius 2 is 1.83 bits per heavy atom. The van der Waals surface area contributed by atoms with Gasteiger partial charge in [-0.25, -0.2) is 19.7 Å². The zero-order chi connectivity index (χ0) is 25.3. The van der Waals surface area contributed by atoms with E-state index in [-0.39, 0.29) is 23.1 Å². The van der Waals surface area contributed by atoms with Crippen molar-refractivity contribution in [3.05, 3.63) is 11.6 Å². The van der Waals surface area contributed by atoms with E-state index in [0.29, 0.717) is 23.3 Å². The van der Waals surface area contributed by atoms with Crippen LogP contribution in [0.1, 0.15) is 91.2 Å². The number of aromatic nitrogens is 4. The Balaban J connectivity index is 1.80. The third kappa shape index (κ3) is 6.11. The second kappa shape index (κ2) is 10.1. The highest BCUT2D eigenvalue weighted by molar-refractivity contribution is 6.03. The van der Waals surface area contributed by atoms with Gasteiger partial charge in [0, 0.05) is 19.0 Å². The minimum Gasteiger partial charge on any atom is -0.465 e. The summed E-state index contributed by atoms with van der Waals surface area (Å²) in [6.07, 6.45) is 8.07. The molecular weight excluding hydrogens is 442 g/mol. The molecule has 2 heterocycles. The van der Waals surface area contributed by atoms with Crippen LogP contribution in [-0.4, -0.2) is 42.6 Å². The number of rotatable bonds is 7. The number of nitrogens with one attached hydrogen (secondary N) is 3. The fourth-order valence-corrected chi connectivity index (χ4v) is 5.31. The van der Waals surface area contributed by atoms with E-state index in [4.69, 9.17) is 15.5 Å². The second-order valence-electron chi connectivity index (χ2n) is 12.0. The van der Waals surface area contributed by atoms with Gasteiger partial charge in [0.15, 0.2) is 23.1 Å². The molecule has 0 aromatic carbocycles. The lowest BCUT2D eigenvalue weighted by Crippen LogP contribution is -2.33. The Kier molecular flexibility index (Phi) is 7.33. The first kappa shape index (κ1) is 25.4. The third-order valence-corrected chi connectivity index (χ3v) is 7.62. The van der Waals surface area contributed by atoms with Gasteiger partial charge < -0.3 is 15.0 Å². The maximum Gasteiger partial charge on any atom is 0.410 e. The van der Waals surface area contributed by atoms with Gasteiger partial charge in [0.25, 0.3) is 0 Å². The van der Waals surface area contributed by atoms with E-state index < -0.39 is 6.09 Å². The molecule has 9 heteroatoms. The van der Waals surface area contributed by atoms with Crippen molar-refractivity contribution in [2.24, 2.45) is 23.2 Å². The van der Waals surface area contributed by atoms with Crippen molar-refractivity contribution < 1.29 is 9.90 Å². The molecule has 2 aromatic heterocycles. The van der Waals surface area contributed by atoms with E-state index in [2.05, 4.69) is 59.8 Å². The number of hydrogen-bond donors (Lipinski definition) is 4. The van der Waals surface area contributed by atoms with E-state index in [1.54, 1.807) is 0 Å². The molecule has 0 aliphatic heterocycles. The Morgan fingerprint density at radius 1 is 1.14 bits per heavy atom. The summed E-state index contributed by atoms with van der Waals surface area (Å²) in [4.78, 5) is 25.3. The first-order valence-corrected chi connectivity index (χ1v) is 13.1. The normalized spacial score (nSPS) is 22.0. The predicted molar refractivity (Wildman–Crippen MR) is 138 cm³/mol. The first-order valence-electron chi connectivity index (χ1n) is 13.1. The average Bonchev–Trinajstić information content (AvgIpc) is 3.03. The molecule has 2 saturated carbocycles. The van der Waals surface area contributed by atoms with Gasteiger partial charge in [-0.05, 0) is 55.8 Å². The number of amides is 1. The van der Waals surface area contributed by atoms with Crippen molar-refractivity contribution >= 4 is 28.9 Å². The second-order valence-corrected chi connectivity index (χ2v) is 12.0. The van der Waals surface area contributed by atoms with Crippen LogP contribution >= 0.6 is 0 Å². The maximum absolute atomic E-state index is 11.2. The van der Waals surface area contributed by atoms with Gasteiger partial charge in [-0.15, -0.1) is 0 Å². The van der Waals surface area contributed by atoms with Crippen LogP contribution in [0.15, 0.2) is 0 Å². The Hall–Kier alpha value is -2.71. The first-order chi connectivity index (χ1) is 16.5. The van der Waals surface area contributed by atoms with Crippen molar-refractivity contribution in [1.82, 2.24) is 24.8 Å². The smallest absolute Gasteiger partial charge is 0.410 e. The number of nitrogens with zero attached hydrogens (tertiary/aromatic N) is 4. The lowest BCUT2D eigenvalue weighted by Gasteiger charge is -2.32. The summed E-state index contributed by atoms with van der Waals surface area (Å²) in [5.74, 6) is 3.30. The van der Waals surface area contributed by atoms with E-state index in [9.17, 15) is 4.79 Å². The molecule has 1 amide bonds. The van der Waals surface area contributed by atoms with E-state index in [1.807, 2.05) is 0 Å². The summed E-state index contributed by atoms with van der Waals surface area (Å²) in [7, 11) is 0. The summed E-state index contributed by atoms with van der Waals surface area (Å²) in [6.45, 7) is 12.0. The van der Waals surface area contributed by atoms with Crippen LogP contribution < -0.4 is 10.6 Å². The number of anilines is 1. The molecule has 2 aliphatic carbocycles. The number of carboxylic acid groups (broad SMARTS) is 1. The van der Waals surface area contributed by atoms with Crippen LogP contribution in [0.5, 0.6) is 0 Å². The monoisotopic (exact) mass is 483 g/mol. The highest BCUT2D eigenvalue weighted by Crippen LogP contribution is 2.35. The molecular formula is C26H41N7O2. The van der Waals surface area contributed by atoms with Crippen molar-refractivity contribution in [3.63, 3.8) is 0 Å². The molecule has 0 saturated heterocycles. The lowest BCUT2D eigenvalue weighted by molar-refractivity contribution is 0.200. The van der Waals surface area contributed by atoms with E-state index in [0.717, 1.165) is 30.2 Å². The highest BCUT2D eigenvalue weighted by Gasteiger charge is 2.29. The molecule has 0 spiro atoms. The van der Waals surface area contributed by atoms with E-state index in [1.165, 1.54) is 44.9 Å². The number of fused-ring (bicyclic) bond motifs is 1. The van der Waals surface area contributed by atoms with Crippen LogP contribution in [0.4, 0.5) is 10.6 Å². The number of imidazole rings is 1. The topological polar surface area (TPSA) is 129 Å². The molecule has 0 bridgehead atoms. The molecule has 2 aromatic rings. The molecule has 1 atom stereocenters. The largest absolute Gasteiger partial charge is 0.465 e. The van der Waals surface area contributed by atoms with Gasteiger partial charge in [0.05, 0.1) is 0 Å². The average molecular weight is 484 g/mol. The summed E-state index contributed by atoms with van der Waals surface area (Å²) in [5.41, 5.74) is 1.44. The molecule has 4 N–H and O–H groups in total. The number of hydrogen-bond acceptors (Lipinski definition) is 6.